The van der Waals surface area contributed by atoms with Gasteiger partial charge in [-0.15, -0.1) is 0 Å². The van der Waals surface area contributed by atoms with Crippen LogP contribution in [0.2, 0.25) is 0 Å². The number of carbonyl (C=O) groups excluding carboxylic acids is 1. The SMILES string of the molecule is Cc1nc(N2CCCC2)nc(C)c1NC(=O)c1cc(=O)c2ccccc2o1. The number of aryl methyl sites for hydroxylation is 2. The molecule has 3 heterocycles. The molecule has 0 aliphatic carbocycles. The Labute approximate surface area is 156 Å². The summed E-state index contributed by atoms with van der Waals surface area (Å²) in [6.45, 7) is 5.57. The second kappa shape index (κ2) is 6.83. The fraction of sp³-hybridized carbons (Fsp3) is 0.300. The van der Waals surface area contributed by atoms with Gasteiger partial charge in [0.25, 0.3) is 5.91 Å². The van der Waals surface area contributed by atoms with Gasteiger partial charge in [-0.05, 0) is 38.8 Å². The van der Waals surface area contributed by atoms with Crippen LogP contribution >= 0.6 is 0 Å². The molecule has 4 rings (SSSR count). The zero-order chi connectivity index (χ0) is 19.0. The van der Waals surface area contributed by atoms with Gasteiger partial charge in [-0.2, -0.15) is 0 Å². The molecule has 1 N–H and O–H groups in total. The van der Waals surface area contributed by atoms with Gasteiger partial charge in [-0.3, -0.25) is 9.59 Å². The smallest absolute Gasteiger partial charge is 0.291 e. The number of aromatic nitrogens is 2. The van der Waals surface area contributed by atoms with Gasteiger partial charge < -0.3 is 14.6 Å². The van der Waals surface area contributed by atoms with E-state index in [1.807, 2.05) is 13.8 Å². The normalized spacial score (nSPS) is 13.9. The molecular weight excluding hydrogens is 344 g/mol. The van der Waals surface area contributed by atoms with Gasteiger partial charge in [0.15, 0.2) is 11.2 Å². The maximum atomic E-state index is 12.6. The minimum Gasteiger partial charge on any atom is -0.451 e. The van der Waals surface area contributed by atoms with E-state index in [1.165, 1.54) is 6.07 Å². The Balaban J connectivity index is 1.64. The predicted molar refractivity (Wildman–Crippen MR) is 103 cm³/mol. The van der Waals surface area contributed by atoms with Crippen molar-refractivity contribution in [1.82, 2.24) is 9.97 Å². The first-order valence-electron chi connectivity index (χ1n) is 8.97. The van der Waals surface area contributed by atoms with Crippen molar-refractivity contribution < 1.29 is 9.21 Å². The molecule has 1 aliphatic rings. The fourth-order valence-corrected chi connectivity index (χ4v) is 3.33. The number of rotatable bonds is 3. The number of hydrogen-bond acceptors (Lipinski definition) is 6. The molecule has 27 heavy (non-hydrogen) atoms. The van der Waals surface area contributed by atoms with Gasteiger partial charge >= 0.3 is 0 Å². The van der Waals surface area contributed by atoms with Crippen molar-refractivity contribution >= 4 is 28.5 Å². The molecule has 1 aromatic carbocycles. The van der Waals surface area contributed by atoms with Crippen LogP contribution in [-0.2, 0) is 0 Å². The molecule has 7 heteroatoms. The van der Waals surface area contributed by atoms with Gasteiger partial charge in [-0.1, -0.05) is 12.1 Å². The molecule has 138 valence electrons. The highest BCUT2D eigenvalue weighted by Gasteiger charge is 2.20. The third-order valence-electron chi connectivity index (χ3n) is 4.74. The van der Waals surface area contributed by atoms with Gasteiger partial charge in [0.2, 0.25) is 5.95 Å². The van der Waals surface area contributed by atoms with Crippen LogP contribution in [0.25, 0.3) is 11.0 Å². The molecule has 0 spiro atoms. The van der Waals surface area contributed by atoms with Crippen LogP contribution in [0.15, 0.2) is 39.5 Å². The number of benzene rings is 1. The topological polar surface area (TPSA) is 88.3 Å². The molecule has 0 radical (unpaired) electrons. The lowest BCUT2D eigenvalue weighted by Gasteiger charge is -2.18. The average Bonchev–Trinajstić information content (AvgIpc) is 3.19. The van der Waals surface area contributed by atoms with E-state index in [4.69, 9.17) is 4.42 Å². The fourth-order valence-electron chi connectivity index (χ4n) is 3.33. The first-order chi connectivity index (χ1) is 13.0. The molecule has 1 amide bonds. The van der Waals surface area contributed by atoms with E-state index in [0.717, 1.165) is 25.9 Å². The Morgan fingerprint density at radius 3 is 2.48 bits per heavy atom. The Morgan fingerprint density at radius 2 is 1.78 bits per heavy atom. The molecule has 1 fully saturated rings. The van der Waals surface area contributed by atoms with Crippen LogP contribution in [0.3, 0.4) is 0 Å². The molecule has 0 saturated carbocycles. The van der Waals surface area contributed by atoms with E-state index in [-0.39, 0.29) is 11.2 Å². The summed E-state index contributed by atoms with van der Waals surface area (Å²) in [4.78, 5) is 36.1. The van der Waals surface area contributed by atoms with Gasteiger partial charge in [0, 0.05) is 19.2 Å². The van der Waals surface area contributed by atoms with E-state index in [2.05, 4.69) is 20.2 Å². The number of fused-ring (bicyclic) bond motifs is 1. The molecule has 1 aliphatic heterocycles. The monoisotopic (exact) mass is 364 g/mol. The van der Waals surface area contributed by atoms with Crippen molar-refractivity contribution in [2.24, 2.45) is 0 Å². The van der Waals surface area contributed by atoms with Crippen LogP contribution < -0.4 is 15.6 Å². The third-order valence-corrected chi connectivity index (χ3v) is 4.74. The molecule has 1 saturated heterocycles. The lowest BCUT2D eigenvalue weighted by atomic mass is 10.2. The first kappa shape index (κ1) is 17.2. The summed E-state index contributed by atoms with van der Waals surface area (Å²) >= 11 is 0. The second-order valence-electron chi connectivity index (χ2n) is 6.69. The maximum absolute atomic E-state index is 12.6. The van der Waals surface area contributed by atoms with Crippen LogP contribution in [0, 0.1) is 13.8 Å². The minimum absolute atomic E-state index is 0.0406. The van der Waals surface area contributed by atoms with Crippen molar-refractivity contribution in [2.75, 3.05) is 23.3 Å². The zero-order valence-electron chi connectivity index (χ0n) is 15.3. The summed E-state index contributed by atoms with van der Waals surface area (Å²) in [6, 6.07) is 8.05. The molecule has 7 nitrogen and oxygen atoms in total. The van der Waals surface area contributed by atoms with Crippen molar-refractivity contribution in [3.8, 4) is 0 Å². The molecule has 0 bridgehead atoms. The summed E-state index contributed by atoms with van der Waals surface area (Å²) in [5, 5.41) is 3.23. The molecule has 2 aromatic heterocycles. The Morgan fingerprint density at radius 1 is 1.11 bits per heavy atom. The number of amides is 1. The number of nitrogens with one attached hydrogen (secondary N) is 1. The number of hydrogen-bond donors (Lipinski definition) is 1. The van der Waals surface area contributed by atoms with E-state index < -0.39 is 5.91 Å². The lowest BCUT2D eigenvalue weighted by molar-refractivity contribution is 0.0997. The Hall–Kier alpha value is -3.22. The summed E-state index contributed by atoms with van der Waals surface area (Å²) < 4.78 is 5.60. The van der Waals surface area contributed by atoms with Crippen LogP contribution in [-0.4, -0.2) is 29.0 Å². The predicted octanol–water partition coefficient (Wildman–Crippen LogP) is 3.05. The summed E-state index contributed by atoms with van der Waals surface area (Å²) in [7, 11) is 0. The molecule has 0 unspecified atom stereocenters. The quantitative estimate of drug-likeness (QED) is 0.768. The second-order valence-corrected chi connectivity index (χ2v) is 6.69. The van der Waals surface area contributed by atoms with Gasteiger partial charge in [-0.25, -0.2) is 9.97 Å². The minimum atomic E-state index is -0.499. The summed E-state index contributed by atoms with van der Waals surface area (Å²) in [6.07, 6.45) is 2.28. The van der Waals surface area contributed by atoms with E-state index in [0.29, 0.717) is 34.0 Å². The number of anilines is 2. The number of nitrogens with zero attached hydrogens (tertiary/aromatic N) is 3. The molecular formula is C20H20N4O3. The Kier molecular flexibility index (Phi) is 4.35. The van der Waals surface area contributed by atoms with Crippen molar-refractivity contribution in [3.05, 3.63) is 57.7 Å². The highest BCUT2D eigenvalue weighted by atomic mass is 16.3. The number of carbonyl (C=O) groups is 1. The maximum Gasteiger partial charge on any atom is 0.291 e. The van der Waals surface area contributed by atoms with Crippen molar-refractivity contribution in [3.63, 3.8) is 0 Å². The van der Waals surface area contributed by atoms with Crippen molar-refractivity contribution in [1.29, 1.82) is 0 Å². The zero-order valence-corrected chi connectivity index (χ0v) is 15.3. The van der Waals surface area contributed by atoms with E-state index in [9.17, 15) is 9.59 Å². The highest BCUT2D eigenvalue weighted by molar-refractivity contribution is 6.03. The largest absolute Gasteiger partial charge is 0.451 e. The van der Waals surface area contributed by atoms with E-state index in [1.54, 1.807) is 24.3 Å². The standard InChI is InChI=1S/C20H20N4O3/c1-12-18(13(2)22-20(21-12)24-9-5-6-10-24)23-19(26)17-11-15(25)14-7-3-4-8-16(14)27-17/h3-4,7-8,11H,5-6,9-10H2,1-2H3,(H,23,26). The van der Waals surface area contributed by atoms with Crippen molar-refractivity contribution in [2.45, 2.75) is 26.7 Å². The molecule has 0 atom stereocenters. The average molecular weight is 364 g/mol. The lowest BCUT2D eigenvalue weighted by Crippen LogP contribution is -2.23. The van der Waals surface area contributed by atoms with E-state index >= 15 is 0 Å². The molecule has 3 aromatic rings. The van der Waals surface area contributed by atoms with Gasteiger partial charge in [0.05, 0.1) is 22.5 Å². The van der Waals surface area contributed by atoms with Crippen LogP contribution in [0.1, 0.15) is 34.8 Å². The summed E-state index contributed by atoms with van der Waals surface area (Å²) in [5.74, 6) is 0.153. The highest BCUT2D eigenvalue weighted by Crippen LogP contribution is 2.23. The Bertz CT molecular complexity index is 1060. The number of para-hydroxylation sites is 1. The summed E-state index contributed by atoms with van der Waals surface area (Å²) in [5.41, 5.74) is 2.03. The van der Waals surface area contributed by atoms with Gasteiger partial charge in [0.1, 0.15) is 5.58 Å². The van der Waals surface area contributed by atoms with Crippen LogP contribution in [0.4, 0.5) is 11.6 Å². The third kappa shape index (κ3) is 3.28. The van der Waals surface area contributed by atoms with Crippen LogP contribution in [0.5, 0.6) is 0 Å². The first-order valence-corrected chi connectivity index (χ1v) is 8.97.